The Balaban J connectivity index is 0.000000552. The summed E-state index contributed by atoms with van der Waals surface area (Å²) in [6.07, 6.45) is 0. The molecule has 0 fully saturated rings. The van der Waals surface area contributed by atoms with E-state index in [1.54, 1.807) is 0 Å². The fourth-order valence-electron chi connectivity index (χ4n) is 3.50. The summed E-state index contributed by atoms with van der Waals surface area (Å²) in [4.78, 5) is 0. The van der Waals surface area contributed by atoms with Gasteiger partial charge in [-0.1, -0.05) is 0 Å². The van der Waals surface area contributed by atoms with E-state index in [0.29, 0.717) is 0 Å². The van der Waals surface area contributed by atoms with Crippen LogP contribution in [0, 0.1) is 0 Å². The van der Waals surface area contributed by atoms with E-state index in [9.17, 15) is 10.4 Å². The van der Waals surface area contributed by atoms with Crippen LogP contribution in [0.5, 0.6) is 0 Å². The summed E-state index contributed by atoms with van der Waals surface area (Å²) in [5, 5.41) is 0. The molecule has 0 unspecified atom stereocenters. The van der Waals surface area contributed by atoms with Crippen LogP contribution in [0.4, 0.5) is 10.4 Å². The van der Waals surface area contributed by atoms with Crippen LogP contribution in [0.2, 0.25) is 0 Å². The van der Waals surface area contributed by atoms with Crippen LogP contribution in [0.25, 0.3) is 0 Å². The number of hydrogen-bond donors (Lipinski definition) is 0. The molecule has 0 nitrogen and oxygen atoms in total. The first-order valence-electron chi connectivity index (χ1n) is 9.04. The third-order valence-electron chi connectivity index (χ3n) is 4.57. The molecule has 0 spiro atoms. The van der Waals surface area contributed by atoms with Gasteiger partial charge in [0.15, 0.2) is 0 Å². The van der Waals surface area contributed by atoms with Gasteiger partial charge in [-0.15, -0.1) is 0 Å². The molecule has 4 aromatic rings. The summed E-state index contributed by atoms with van der Waals surface area (Å²) in [5.74, 6) is 0. The van der Waals surface area contributed by atoms with Crippen LogP contribution in [-0.2, 0) is 0 Å². The predicted molar refractivity (Wildman–Crippen MR) is 119 cm³/mol. The van der Waals surface area contributed by atoms with Crippen molar-refractivity contribution in [3.05, 3.63) is 121 Å². The molecule has 0 saturated heterocycles. The molecular weight excluding hydrogens is 495 g/mol. The molecule has 5 heteroatoms. The molecule has 0 aromatic heterocycles. The predicted octanol–water partition coefficient (Wildman–Crippen LogP) is 3.94. The van der Waals surface area contributed by atoms with E-state index in [1.165, 1.54) is 17.4 Å². The van der Waals surface area contributed by atoms with Gasteiger partial charge < -0.3 is 0 Å². The minimum absolute atomic E-state index is 1.45. The van der Waals surface area contributed by atoms with Gasteiger partial charge in [-0.2, -0.15) is 0 Å². The second-order valence-corrected chi connectivity index (χ2v) is 14.2. The van der Waals surface area contributed by atoms with Crippen LogP contribution in [0.3, 0.4) is 0 Å². The summed E-state index contributed by atoms with van der Waals surface area (Å²) >= 11 is -7.46. The molecule has 0 atom stereocenters. The van der Waals surface area contributed by atoms with Crippen molar-refractivity contribution in [2.75, 3.05) is 0 Å². The second kappa shape index (κ2) is 10.5. The zero-order valence-electron chi connectivity index (χ0n) is 15.6. The second-order valence-electron chi connectivity index (χ2n) is 6.20. The van der Waals surface area contributed by atoms with Crippen LogP contribution in [0.1, 0.15) is 0 Å². The van der Waals surface area contributed by atoms with E-state index in [-0.39, 0.29) is 0 Å². The van der Waals surface area contributed by atoms with Gasteiger partial charge in [0.05, 0.1) is 0 Å². The maximum absolute atomic E-state index is 9.81. The van der Waals surface area contributed by atoms with Gasteiger partial charge in [-0.05, 0) is 0 Å². The third kappa shape index (κ3) is 5.04. The molecule has 1 radical (unpaired) electrons. The average Bonchev–Trinajstić information content (AvgIpc) is 2.77. The normalized spacial score (nSPS) is 10.9. The van der Waals surface area contributed by atoms with Crippen molar-refractivity contribution in [3.8, 4) is 0 Å². The van der Waals surface area contributed by atoms with Crippen molar-refractivity contribution < 1.29 is 10.4 Å². The standard InChI is InChI=1S/C24H20As.AsF3/c1-5-13-21(14-6-1)25(22-15-7-2-8-16-22,23-17-9-3-10-18-23)24-19-11-4-12-20-24;2-1(3)4/h1-20H;. The summed E-state index contributed by atoms with van der Waals surface area (Å²) in [6, 6.07) is 44.2. The van der Waals surface area contributed by atoms with Crippen molar-refractivity contribution in [2.24, 2.45) is 0 Å². The molecule has 0 aliphatic carbocycles. The summed E-state index contributed by atoms with van der Waals surface area (Å²) in [7, 11) is 0. The molecule has 0 amide bonds. The van der Waals surface area contributed by atoms with Gasteiger partial charge in [-0.25, -0.2) is 0 Å². The molecule has 0 saturated carbocycles. The molecule has 0 aliphatic heterocycles. The molecule has 0 bridgehead atoms. The fourth-order valence-corrected chi connectivity index (χ4v) is 12.5. The van der Waals surface area contributed by atoms with Gasteiger partial charge in [0.2, 0.25) is 0 Å². The Bertz CT molecular complexity index is 813. The first-order valence-corrected chi connectivity index (χ1v) is 14.9. The summed E-state index contributed by atoms with van der Waals surface area (Å²) in [5.41, 5.74) is 0. The topological polar surface area (TPSA) is 0 Å². The average molecular weight is 515 g/mol. The Labute approximate surface area is 178 Å². The Hall–Kier alpha value is -2.21. The molecule has 0 N–H and O–H groups in total. The van der Waals surface area contributed by atoms with E-state index in [4.69, 9.17) is 0 Å². The van der Waals surface area contributed by atoms with Crippen LogP contribution >= 0.6 is 0 Å². The van der Waals surface area contributed by atoms with Crippen molar-refractivity contribution >= 4 is 47.0 Å². The fraction of sp³-hybridized carbons (Fsp3) is 0. The number of halogens is 3. The molecule has 4 rings (SSSR count). The first-order chi connectivity index (χ1) is 14.2. The minimum atomic E-state index is -4.69. The first kappa shape index (κ1) is 21.5. The van der Waals surface area contributed by atoms with Crippen LogP contribution in [0.15, 0.2) is 121 Å². The van der Waals surface area contributed by atoms with Crippen LogP contribution < -0.4 is 17.4 Å². The molecule has 0 aliphatic rings. The van der Waals surface area contributed by atoms with Gasteiger partial charge >= 0.3 is 179 Å². The molecule has 4 aromatic carbocycles. The molecular formula is C24H20As2F3. The van der Waals surface area contributed by atoms with Crippen molar-refractivity contribution in [1.29, 1.82) is 0 Å². The van der Waals surface area contributed by atoms with E-state index in [0.717, 1.165) is 0 Å². The van der Waals surface area contributed by atoms with Crippen molar-refractivity contribution in [3.63, 3.8) is 0 Å². The maximum atomic E-state index is 9.81. The SMILES string of the molecule is F[As](F)F.c1ccc([As](c2ccccc2)(c2ccccc2)c2ccccc2)cc1. The molecule has 147 valence electrons. The van der Waals surface area contributed by atoms with Gasteiger partial charge in [-0.3, -0.25) is 0 Å². The summed E-state index contributed by atoms with van der Waals surface area (Å²) in [6.45, 7) is 0. The van der Waals surface area contributed by atoms with Crippen molar-refractivity contribution in [2.45, 2.75) is 0 Å². The van der Waals surface area contributed by atoms with Crippen LogP contribution in [-0.4, -0.2) is 29.6 Å². The van der Waals surface area contributed by atoms with E-state index in [1.807, 2.05) is 0 Å². The molecule has 0 heterocycles. The Morgan fingerprint density at radius 2 is 0.552 bits per heavy atom. The van der Waals surface area contributed by atoms with Crippen molar-refractivity contribution in [1.82, 2.24) is 0 Å². The Kier molecular flexibility index (Phi) is 7.81. The van der Waals surface area contributed by atoms with Gasteiger partial charge in [0, 0.05) is 0 Å². The zero-order valence-corrected chi connectivity index (χ0v) is 19.3. The van der Waals surface area contributed by atoms with E-state index >= 15 is 0 Å². The summed E-state index contributed by atoms with van der Waals surface area (Å²) < 4.78 is 35.2. The molecule has 29 heavy (non-hydrogen) atoms. The number of rotatable bonds is 4. The van der Waals surface area contributed by atoms with E-state index < -0.39 is 29.6 Å². The Morgan fingerprint density at radius 3 is 0.724 bits per heavy atom. The third-order valence-corrected chi connectivity index (χ3v) is 13.6. The van der Waals surface area contributed by atoms with E-state index in [2.05, 4.69) is 121 Å². The van der Waals surface area contributed by atoms with Gasteiger partial charge in [0.1, 0.15) is 0 Å². The number of hydrogen-bond acceptors (Lipinski definition) is 0. The van der Waals surface area contributed by atoms with Gasteiger partial charge in [0.25, 0.3) is 0 Å². The Morgan fingerprint density at radius 1 is 0.379 bits per heavy atom. The zero-order chi connectivity index (χ0) is 20.5. The monoisotopic (exact) mass is 515 g/mol. The number of benzene rings is 4. The quantitative estimate of drug-likeness (QED) is 0.362.